The number of nitriles is 1. The summed E-state index contributed by atoms with van der Waals surface area (Å²) in [7, 11) is 1.53. The number of hydrogen-bond acceptors (Lipinski definition) is 5. The molecule has 0 fully saturated rings. The summed E-state index contributed by atoms with van der Waals surface area (Å²) >= 11 is 3.38. The van der Waals surface area contributed by atoms with Crippen LogP contribution in [0, 0.1) is 11.3 Å². The fraction of sp³-hybridized carbons (Fsp3) is 0.125. The van der Waals surface area contributed by atoms with E-state index in [0.717, 1.165) is 5.56 Å². The van der Waals surface area contributed by atoms with Crippen molar-refractivity contribution in [3.63, 3.8) is 0 Å². The van der Waals surface area contributed by atoms with Crippen molar-refractivity contribution in [3.05, 3.63) is 57.6 Å². The minimum atomic E-state index is 0.250. The molecule has 0 radical (unpaired) electrons. The molecule has 0 aliphatic carbocycles. The summed E-state index contributed by atoms with van der Waals surface area (Å²) in [6, 6.07) is 12.8. The molecular formula is C16H13BrN2O3. The van der Waals surface area contributed by atoms with Gasteiger partial charge in [0, 0.05) is 15.6 Å². The van der Waals surface area contributed by atoms with Crippen molar-refractivity contribution in [1.82, 2.24) is 0 Å². The normalized spacial score (nSPS) is 10.4. The number of oxime groups is 1. The maximum Gasteiger partial charge on any atom is 0.162 e. The summed E-state index contributed by atoms with van der Waals surface area (Å²) < 4.78 is 11.7. The highest BCUT2D eigenvalue weighted by Crippen LogP contribution is 2.33. The SMILES string of the molecule is COc1cc(C=NO)c(Br)cc1OCc1ccccc1C#N. The van der Waals surface area contributed by atoms with E-state index in [1.165, 1.54) is 13.3 Å². The quantitative estimate of drug-likeness (QED) is 0.500. The van der Waals surface area contributed by atoms with E-state index in [2.05, 4.69) is 27.2 Å². The van der Waals surface area contributed by atoms with Gasteiger partial charge in [-0.25, -0.2) is 0 Å². The van der Waals surface area contributed by atoms with Crippen molar-refractivity contribution in [1.29, 1.82) is 5.26 Å². The molecule has 0 saturated carbocycles. The van der Waals surface area contributed by atoms with Crippen LogP contribution in [0.3, 0.4) is 0 Å². The van der Waals surface area contributed by atoms with E-state index in [9.17, 15) is 0 Å². The third-order valence-corrected chi connectivity index (χ3v) is 3.69. The number of halogens is 1. The zero-order chi connectivity index (χ0) is 15.9. The van der Waals surface area contributed by atoms with Crippen LogP contribution in [0.25, 0.3) is 0 Å². The first-order chi connectivity index (χ1) is 10.7. The van der Waals surface area contributed by atoms with E-state index in [4.69, 9.17) is 19.9 Å². The highest BCUT2D eigenvalue weighted by atomic mass is 79.9. The molecule has 0 amide bonds. The molecule has 0 heterocycles. The van der Waals surface area contributed by atoms with Gasteiger partial charge in [-0.15, -0.1) is 0 Å². The fourth-order valence-electron chi connectivity index (χ4n) is 1.90. The van der Waals surface area contributed by atoms with Crippen LogP contribution in [-0.4, -0.2) is 18.5 Å². The summed E-state index contributed by atoms with van der Waals surface area (Å²) in [5, 5.41) is 20.7. The molecular weight excluding hydrogens is 348 g/mol. The fourth-order valence-corrected chi connectivity index (χ4v) is 2.32. The van der Waals surface area contributed by atoms with Crippen molar-refractivity contribution in [3.8, 4) is 17.6 Å². The van der Waals surface area contributed by atoms with E-state index in [1.807, 2.05) is 18.2 Å². The zero-order valence-electron chi connectivity index (χ0n) is 11.8. The first-order valence-electron chi connectivity index (χ1n) is 6.35. The van der Waals surface area contributed by atoms with Gasteiger partial charge in [-0.2, -0.15) is 5.26 Å². The average molecular weight is 361 g/mol. The average Bonchev–Trinajstić information content (AvgIpc) is 2.55. The number of ether oxygens (including phenoxy) is 2. The number of benzene rings is 2. The Balaban J connectivity index is 2.26. The Kier molecular flexibility index (Phi) is 5.39. The molecule has 1 N–H and O–H groups in total. The van der Waals surface area contributed by atoms with Gasteiger partial charge >= 0.3 is 0 Å². The van der Waals surface area contributed by atoms with Crippen molar-refractivity contribution >= 4 is 22.1 Å². The van der Waals surface area contributed by atoms with Crippen LogP contribution in [0.1, 0.15) is 16.7 Å². The molecule has 2 rings (SSSR count). The van der Waals surface area contributed by atoms with Crippen LogP contribution >= 0.6 is 15.9 Å². The Labute approximate surface area is 136 Å². The molecule has 0 atom stereocenters. The molecule has 0 saturated heterocycles. The second-order valence-corrected chi connectivity index (χ2v) is 5.18. The Morgan fingerprint density at radius 3 is 2.77 bits per heavy atom. The van der Waals surface area contributed by atoms with Crippen molar-refractivity contribution in [2.45, 2.75) is 6.61 Å². The monoisotopic (exact) mass is 360 g/mol. The van der Waals surface area contributed by atoms with E-state index >= 15 is 0 Å². The standard InChI is InChI=1S/C16H13BrN2O3/c1-21-15-6-13(9-19-20)14(17)7-16(15)22-10-12-5-3-2-4-11(12)8-18/h2-7,9,20H,10H2,1H3. The number of rotatable bonds is 5. The minimum Gasteiger partial charge on any atom is -0.493 e. The summed E-state index contributed by atoms with van der Waals surface area (Å²) in [6.07, 6.45) is 1.29. The molecule has 112 valence electrons. The molecule has 0 bridgehead atoms. The van der Waals surface area contributed by atoms with Gasteiger partial charge in [-0.3, -0.25) is 0 Å². The highest BCUT2D eigenvalue weighted by molar-refractivity contribution is 9.10. The molecule has 2 aromatic carbocycles. The molecule has 22 heavy (non-hydrogen) atoms. The van der Waals surface area contributed by atoms with Crippen LogP contribution in [-0.2, 0) is 6.61 Å². The van der Waals surface area contributed by atoms with Crippen LogP contribution in [0.5, 0.6) is 11.5 Å². The van der Waals surface area contributed by atoms with Crippen LogP contribution < -0.4 is 9.47 Å². The van der Waals surface area contributed by atoms with Gasteiger partial charge in [0.2, 0.25) is 0 Å². The van der Waals surface area contributed by atoms with Gasteiger partial charge in [0.15, 0.2) is 11.5 Å². The van der Waals surface area contributed by atoms with E-state index in [-0.39, 0.29) is 6.61 Å². The molecule has 0 spiro atoms. The lowest BCUT2D eigenvalue weighted by molar-refractivity contribution is 0.284. The molecule has 5 nitrogen and oxygen atoms in total. The van der Waals surface area contributed by atoms with E-state index in [0.29, 0.717) is 27.1 Å². The third-order valence-electron chi connectivity index (χ3n) is 3.00. The molecule has 0 aliphatic rings. The van der Waals surface area contributed by atoms with E-state index in [1.54, 1.807) is 18.2 Å². The van der Waals surface area contributed by atoms with Crippen LogP contribution in [0.4, 0.5) is 0 Å². The summed E-state index contributed by atoms with van der Waals surface area (Å²) in [6.45, 7) is 0.250. The van der Waals surface area contributed by atoms with Crippen molar-refractivity contribution in [2.75, 3.05) is 7.11 Å². The second kappa shape index (κ2) is 7.48. The summed E-state index contributed by atoms with van der Waals surface area (Å²) in [4.78, 5) is 0. The third kappa shape index (κ3) is 3.57. The number of methoxy groups -OCH3 is 1. The molecule has 0 unspecified atom stereocenters. The number of nitrogens with zero attached hydrogens (tertiary/aromatic N) is 2. The predicted octanol–water partition coefficient (Wildman–Crippen LogP) is 3.72. The second-order valence-electron chi connectivity index (χ2n) is 4.33. The predicted molar refractivity (Wildman–Crippen MR) is 85.6 cm³/mol. The Bertz CT molecular complexity index is 739. The lowest BCUT2D eigenvalue weighted by Gasteiger charge is -2.13. The Morgan fingerprint density at radius 1 is 1.32 bits per heavy atom. The zero-order valence-corrected chi connectivity index (χ0v) is 13.4. The van der Waals surface area contributed by atoms with Crippen LogP contribution in [0.15, 0.2) is 46.0 Å². The van der Waals surface area contributed by atoms with Gasteiger partial charge in [0.05, 0.1) is 25.0 Å². The maximum absolute atomic E-state index is 9.08. The molecule has 0 aromatic heterocycles. The van der Waals surface area contributed by atoms with Gasteiger partial charge in [-0.1, -0.05) is 23.4 Å². The molecule has 0 aliphatic heterocycles. The summed E-state index contributed by atoms with van der Waals surface area (Å²) in [5.74, 6) is 1.03. The van der Waals surface area contributed by atoms with Crippen molar-refractivity contribution < 1.29 is 14.7 Å². The smallest absolute Gasteiger partial charge is 0.162 e. The largest absolute Gasteiger partial charge is 0.493 e. The van der Waals surface area contributed by atoms with Gasteiger partial charge in [0.25, 0.3) is 0 Å². The Hall–Kier alpha value is -2.52. The lowest BCUT2D eigenvalue weighted by atomic mass is 10.1. The topological polar surface area (TPSA) is 74.8 Å². The Morgan fingerprint density at radius 2 is 2.09 bits per heavy atom. The lowest BCUT2D eigenvalue weighted by Crippen LogP contribution is -2.01. The highest BCUT2D eigenvalue weighted by Gasteiger charge is 2.10. The van der Waals surface area contributed by atoms with Gasteiger partial charge in [-0.05, 0) is 34.1 Å². The number of hydrogen-bond donors (Lipinski definition) is 1. The maximum atomic E-state index is 9.08. The first kappa shape index (κ1) is 15.9. The molecule has 6 heteroatoms. The minimum absolute atomic E-state index is 0.250. The summed E-state index contributed by atoms with van der Waals surface area (Å²) in [5.41, 5.74) is 2.03. The van der Waals surface area contributed by atoms with E-state index < -0.39 is 0 Å². The van der Waals surface area contributed by atoms with Gasteiger partial charge in [0.1, 0.15) is 6.61 Å². The first-order valence-corrected chi connectivity index (χ1v) is 7.14. The molecule has 2 aromatic rings. The van der Waals surface area contributed by atoms with Gasteiger partial charge < -0.3 is 14.7 Å². The van der Waals surface area contributed by atoms with Crippen molar-refractivity contribution in [2.24, 2.45) is 5.16 Å². The van der Waals surface area contributed by atoms with Crippen LogP contribution in [0.2, 0.25) is 0 Å².